The molecule has 0 saturated heterocycles. The molecule has 0 aliphatic carbocycles. The molecule has 0 unspecified atom stereocenters. The van der Waals surface area contributed by atoms with Gasteiger partial charge in [-0.15, -0.1) is 0 Å². The highest BCUT2D eigenvalue weighted by atomic mass is 35.5. The molecule has 0 heterocycles. The molecule has 4 aromatic rings. The highest BCUT2D eigenvalue weighted by Crippen LogP contribution is 2.20. The van der Waals surface area contributed by atoms with Gasteiger partial charge >= 0.3 is 0 Å². The van der Waals surface area contributed by atoms with Crippen molar-refractivity contribution in [2.45, 2.75) is 6.61 Å². The minimum absolute atomic E-state index is 0.334. The van der Waals surface area contributed by atoms with Crippen LogP contribution in [0.1, 0.15) is 11.1 Å². The third-order valence-corrected chi connectivity index (χ3v) is 6.70. The number of carbonyl (C=O) groups excluding carboxylic acids is 1. The third kappa shape index (κ3) is 6.84. The number of nitrogens with zero attached hydrogens (tertiary/aromatic N) is 2. The van der Waals surface area contributed by atoms with Gasteiger partial charge in [0.15, 0.2) is 0 Å². The monoisotopic (exact) mass is 521 g/mol. The average Bonchev–Trinajstić information content (AvgIpc) is 2.87. The predicted octanol–water partition coefficient (Wildman–Crippen LogP) is 4.99. The van der Waals surface area contributed by atoms with E-state index in [0.29, 0.717) is 23.1 Å². The van der Waals surface area contributed by atoms with Crippen molar-refractivity contribution in [2.24, 2.45) is 5.10 Å². The second kappa shape index (κ2) is 11.2. The fraction of sp³-hybridized carbons (Fsp3) is 0.111. The Kier molecular flexibility index (Phi) is 7.87. The Morgan fingerprint density at radius 3 is 2.36 bits per heavy atom. The van der Waals surface area contributed by atoms with E-state index in [4.69, 9.17) is 16.3 Å². The van der Waals surface area contributed by atoms with Crippen LogP contribution in [0.15, 0.2) is 96.1 Å². The summed E-state index contributed by atoms with van der Waals surface area (Å²) in [5.41, 5.74) is 4.51. The maximum absolute atomic E-state index is 12.3. The smallest absolute Gasteiger partial charge is 0.260 e. The van der Waals surface area contributed by atoms with E-state index in [0.717, 1.165) is 21.7 Å². The third-order valence-electron chi connectivity index (χ3n) is 5.30. The summed E-state index contributed by atoms with van der Waals surface area (Å²) in [6, 6.07) is 27.8. The number of sulfonamides is 1. The molecule has 7 nitrogen and oxygen atoms in total. The topological polar surface area (TPSA) is 88.1 Å². The first-order valence-electron chi connectivity index (χ1n) is 11.0. The van der Waals surface area contributed by atoms with Gasteiger partial charge in [0.2, 0.25) is 10.0 Å². The second-order valence-corrected chi connectivity index (χ2v) is 10.4. The zero-order chi connectivity index (χ0) is 25.5. The van der Waals surface area contributed by atoms with Crippen LogP contribution in [0.25, 0.3) is 10.8 Å². The number of hydrogen-bond donors (Lipinski definition) is 1. The summed E-state index contributed by atoms with van der Waals surface area (Å²) in [5, 5.41) is 6.75. The molecule has 4 rings (SSSR count). The molecule has 0 radical (unpaired) electrons. The number of amides is 1. The van der Waals surface area contributed by atoms with Crippen molar-refractivity contribution in [1.82, 2.24) is 5.43 Å². The van der Waals surface area contributed by atoms with Gasteiger partial charge in [-0.1, -0.05) is 48.0 Å². The quantitative estimate of drug-likeness (QED) is 0.248. The number of anilines is 1. The maximum atomic E-state index is 12.3. The van der Waals surface area contributed by atoms with Gasteiger partial charge in [0.25, 0.3) is 5.91 Å². The molecule has 0 aromatic heterocycles. The molecule has 0 aliphatic heterocycles. The van der Waals surface area contributed by atoms with E-state index in [2.05, 4.69) is 34.8 Å². The van der Waals surface area contributed by atoms with Gasteiger partial charge in [-0.2, -0.15) is 5.10 Å². The van der Waals surface area contributed by atoms with Gasteiger partial charge in [0.1, 0.15) is 18.9 Å². The zero-order valence-corrected chi connectivity index (χ0v) is 21.0. The molecule has 4 aromatic carbocycles. The average molecular weight is 522 g/mol. The lowest BCUT2D eigenvalue weighted by Gasteiger charge is -2.21. The van der Waals surface area contributed by atoms with E-state index >= 15 is 0 Å². The molecular formula is C27H24ClN3O4S. The molecule has 36 heavy (non-hydrogen) atoms. The molecular weight excluding hydrogens is 498 g/mol. The normalized spacial score (nSPS) is 11.5. The summed E-state index contributed by atoms with van der Waals surface area (Å²) < 4.78 is 31.1. The van der Waals surface area contributed by atoms with E-state index in [-0.39, 0.29) is 0 Å². The van der Waals surface area contributed by atoms with Gasteiger partial charge in [-0.25, -0.2) is 13.8 Å². The van der Waals surface area contributed by atoms with Gasteiger partial charge in [-0.3, -0.25) is 9.10 Å². The zero-order valence-electron chi connectivity index (χ0n) is 19.5. The summed E-state index contributed by atoms with van der Waals surface area (Å²) >= 11 is 5.86. The first-order valence-corrected chi connectivity index (χ1v) is 13.3. The highest BCUT2D eigenvalue weighted by molar-refractivity contribution is 7.92. The molecule has 0 atom stereocenters. The van der Waals surface area contributed by atoms with Crippen LogP contribution in [0.3, 0.4) is 0 Å². The van der Waals surface area contributed by atoms with Gasteiger partial charge in [-0.05, 0) is 76.5 Å². The number of halogens is 1. The molecule has 0 saturated carbocycles. The van der Waals surface area contributed by atoms with E-state index in [1.807, 2.05) is 42.5 Å². The first kappa shape index (κ1) is 25.2. The standard InChI is InChI=1S/C27H24ClN3O4S/c1-36(33,34)31(25-12-10-24(28)11-13-25)18-27(32)30-29-17-20-7-14-26(15-8-20)35-19-21-6-9-22-4-2-3-5-23(22)16-21/h2-17H,18-19H2,1H3,(H,30,32)/b29-17-. The van der Waals surface area contributed by atoms with Crippen molar-refractivity contribution in [3.05, 3.63) is 107 Å². The molecule has 1 amide bonds. The number of hydrazone groups is 1. The summed E-state index contributed by atoms with van der Waals surface area (Å²) in [5.74, 6) is 0.123. The lowest BCUT2D eigenvalue weighted by molar-refractivity contribution is -0.119. The van der Waals surface area contributed by atoms with E-state index in [1.54, 1.807) is 12.1 Å². The maximum Gasteiger partial charge on any atom is 0.260 e. The Morgan fingerprint density at radius 2 is 1.67 bits per heavy atom. The fourth-order valence-corrected chi connectivity index (χ4v) is 4.48. The van der Waals surface area contributed by atoms with Crippen molar-refractivity contribution in [3.8, 4) is 5.75 Å². The van der Waals surface area contributed by atoms with Crippen LogP contribution in [0.2, 0.25) is 5.02 Å². The van der Waals surface area contributed by atoms with E-state index in [1.165, 1.54) is 29.1 Å². The molecule has 0 fully saturated rings. The Morgan fingerprint density at radius 1 is 0.972 bits per heavy atom. The van der Waals surface area contributed by atoms with Crippen molar-refractivity contribution < 1.29 is 17.9 Å². The first-order chi connectivity index (χ1) is 17.3. The molecule has 0 aliphatic rings. The van der Waals surface area contributed by atoms with Crippen molar-refractivity contribution in [1.29, 1.82) is 0 Å². The highest BCUT2D eigenvalue weighted by Gasteiger charge is 2.20. The predicted molar refractivity (Wildman–Crippen MR) is 144 cm³/mol. The lowest BCUT2D eigenvalue weighted by atomic mass is 10.1. The van der Waals surface area contributed by atoms with E-state index in [9.17, 15) is 13.2 Å². The number of rotatable bonds is 9. The van der Waals surface area contributed by atoms with Crippen molar-refractivity contribution in [2.75, 3.05) is 17.1 Å². The Hall–Kier alpha value is -3.88. The van der Waals surface area contributed by atoms with Crippen LogP contribution in [-0.4, -0.2) is 33.3 Å². The van der Waals surface area contributed by atoms with Crippen molar-refractivity contribution >= 4 is 50.2 Å². The largest absolute Gasteiger partial charge is 0.489 e. The van der Waals surface area contributed by atoms with Crippen LogP contribution < -0.4 is 14.5 Å². The van der Waals surface area contributed by atoms with Crippen LogP contribution in [0, 0.1) is 0 Å². The van der Waals surface area contributed by atoms with Crippen LogP contribution in [0.5, 0.6) is 5.75 Å². The lowest BCUT2D eigenvalue weighted by Crippen LogP contribution is -2.38. The summed E-state index contributed by atoms with van der Waals surface area (Å²) in [6.07, 6.45) is 2.50. The van der Waals surface area contributed by atoms with Crippen LogP contribution in [-0.2, 0) is 21.4 Å². The molecule has 0 spiro atoms. The summed E-state index contributed by atoms with van der Waals surface area (Å²) in [6.45, 7) is 0.0259. The number of carbonyl (C=O) groups is 1. The number of fused-ring (bicyclic) bond motifs is 1. The minimum atomic E-state index is -3.68. The summed E-state index contributed by atoms with van der Waals surface area (Å²) in [4.78, 5) is 12.3. The molecule has 0 bridgehead atoms. The number of ether oxygens (including phenoxy) is 1. The minimum Gasteiger partial charge on any atom is -0.489 e. The van der Waals surface area contributed by atoms with Gasteiger partial charge in [0.05, 0.1) is 18.2 Å². The van der Waals surface area contributed by atoms with Crippen LogP contribution in [0.4, 0.5) is 5.69 Å². The van der Waals surface area contributed by atoms with E-state index < -0.39 is 22.5 Å². The Bertz CT molecular complexity index is 1490. The number of nitrogens with one attached hydrogen (secondary N) is 1. The number of hydrogen-bond acceptors (Lipinski definition) is 5. The second-order valence-electron chi connectivity index (χ2n) is 8.08. The van der Waals surface area contributed by atoms with Crippen molar-refractivity contribution in [3.63, 3.8) is 0 Å². The molecule has 184 valence electrons. The van der Waals surface area contributed by atoms with Crippen LogP contribution >= 0.6 is 11.6 Å². The Labute approximate surface area is 215 Å². The van der Waals surface area contributed by atoms with Gasteiger partial charge < -0.3 is 4.74 Å². The fourth-order valence-electron chi connectivity index (χ4n) is 3.50. The Balaban J connectivity index is 1.30. The SMILES string of the molecule is CS(=O)(=O)N(CC(=O)N/N=C\c1ccc(OCc2ccc3ccccc3c2)cc1)c1ccc(Cl)cc1. The molecule has 1 N–H and O–H groups in total. The summed E-state index contributed by atoms with van der Waals surface area (Å²) in [7, 11) is -3.68. The molecule has 9 heteroatoms. The number of benzene rings is 4. The van der Waals surface area contributed by atoms with Gasteiger partial charge in [0, 0.05) is 5.02 Å².